The lowest BCUT2D eigenvalue weighted by atomic mass is 9.69. The molecule has 2 atom stereocenters. The van der Waals surface area contributed by atoms with Crippen molar-refractivity contribution < 1.29 is 22.4 Å². The number of nitrogens with one attached hydrogen (secondary N) is 2. The van der Waals surface area contributed by atoms with Gasteiger partial charge in [-0.2, -0.15) is 13.2 Å². The van der Waals surface area contributed by atoms with Crippen LogP contribution in [0.3, 0.4) is 0 Å². The van der Waals surface area contributed by atoms with Crippen LogP contribution in [0, 0.1) is 11.3 Å². The predicted octanol–water partition coefficient (Wildman–Crippen LogP) is 7.42. The van der Waals surface area contributed by atoms with Crippen LogP contribution in [-0.2, 0) is 19.0 Å². The Morgan fingerprint density at radius 2 is 1.94 bits per heavy atom. The second-order valence-electron chi connectivity index (χ2n) is 9.82. The molecule has 1 amide bonds. The van der Waals surface area contributed by atoms with Crippen molar-refractivity contribution in [2.75, 3.05) is 5.32 Å². The molecule has 2 N–H and O–H groups in total. The largest absolute Gasteiger partial charge is 0.457 e. The van der Waals surface area contributed by atoms with Crippen molar-refractivity contribution in [3.05, 3.63) is 63.7 Å². The summed E-state index contributed by atoms with van der Waals surface area (Å²) in [5, 5.41) is 7.18. The van der Waals surface area contributed by atoms with Gasteiger partial charge in [0.15, 0.2) is 6.17 Å². The van der Waals surface area contributed by atoms with Gasteiger partial charge in [-0.05, 0) is 60.4 Å². The predicted molar refractivity (Wildman–Crippen MR) is 127 cm³/mol. The third-order valence-corrected chi connectivity index (χ3v) is 8.63. The molecule has 0 spiro atoms. The maximum atomic E-state index is 13.1. The van der Waals surface area contributed by atoms with Gasteiger partial charge in [0, 0.05) is 10.4 Å². The van der Waals surface area contributed by atoms with Gasteiger partial charge < -0.3 is 15.1 Å². The van der Waals surface area contributed by atoms with Crippen LogP contribution >= 0.6 is 11.3 Å². The minimum Gasteiger partial charge on any atom is -0.457 e. The molecule has 2 aromatic heterocycles. The Bertz CT molecular complexity index is 1240. The number of furan rings is 1. The molecule has 3 heterocycles. The third-order valence-electron chi connectivity index (χ3n) is 7.45. The van der Waals surface area contributed by atoms with E-state index in [2.05, 4.69) is 31.4 Å². The molecule has 34 heavy (non-hydrogen) atoms. The molecule has 0 fully saturated rings. The molecule has 8 heteroatoms. The molecule has 0 bridgehead atoms. The summed E-state index contributed by atoms with van der Waals surface area (Å²) in [7, 11) is 0. The zero-order valence-electron chi connectivity index (χ0n) is 19.3. The molecule has 4 nitrogen and oxygen atoms in total. The van der Waals surface area contributed by atoms with Crippen molar-refractivity contribution in [2.45, 2.75) is 58.8 Å². The second-order valence-corrected chi connectivity index (χ2v) is 10.9. The van der Waals surface area contributed by atoms with Crippen molar-refractivity contribution in [3.63, 3.8) is 0 Å². The molecule has 2 unspecified atom stereocenters. The van der Waals surface area contributed by atoms with E-state index in [1.54, 1.807) is 29.5 Å². The third kappa shape index (κ3) is 4.02. The maximum Gasteiger partial charge on any atom is 0.416 e. The summed E-state index contributed by atoms with van der Waals surface area (Å²) >= 11 is 1.64. The van der Waals surface area contributed by atoms with Gasteiger partial charge in [-0.25, -0.2) is 0 Å². The number of benzene rings is 1. The molecule has 1 aliphatic carbocycles. The van der Waals surface area contributed by atoms with Crippen LogP contribution in [0.25, 0.3) is 11.3 Å². The van der Waals surface area contributed by atoms with Crippen LogP contribution in [0.15, 0.2) is 40.8 Å². The number of rotatable bonds is 4. The summed E-state index contributed by atoms with van der Waals surface area (Å²) in [5.41, 5.74) is 1.74. The standard InChI is InChI=1S/C26H27F3N2O2S/c1-4-25(2,3)15-8-9-17-20(13-15)34-24-21(17)23(32)30-22(31-24)19-11-10-18(33-19)14-6-5-7-16(12-14)26(27,28)29/h5-7,10-12,15,22,31H,4,8-9,13H2,1-3H3,(H,30,32). The number of anilines is 1. The molecular weight excluding hydrogens is 461 g/mol. The Kier molecular flexibility index (Phi) is 5.54. The van der Waals surface area contributed by atoms with Gasteiger partial charge >= 0.3 is 6.18 Å². The van der Waals surface area contributed by atoms with Gasteiger partial charge in [-0.3, -0.25) is 4.79 Å². The lowest BCUT2D eigenvalue weighted by Gasteiger charge is -2.36. The first-order chi connectivity index (χ1) is 16.1. The second kappa shape index (κ2) is 8.18. The fourth-order valence-electron chi connectivity index (χ4n) is 4.91. The van der Waals surface area contributed by atoms with E-state index >= 15 is 0 Å². The summed E-state index contributed by atoms with van der Waals surface area (Å²) in [4.78, 5) is 14.3. The molecule has 1 aromatic carbocycles. The number of halogens is 3. The Hall–Kier alpha value is -2.74. The average molecular weight is 489 g/mol. The normalized spacial score (nSPS) is 20.4. The fraction of sp³-hybridized carbons (Fsp3) is 0.423. The first-order valence-corrected chi connectivity index (χ1v) is 12.4. The topological polar surface area (TPSA) is 54.3 Å². The summed E-state index contributed by atoms with van der Waals surface area (Å²) in [6, 6.07) is 8.34. The van der Waals surface area contributed by atoms with Crippen LogP contribution in [0.4, 0.5) is 18.2 Å². The quantitative estimate of drug-likeness (QED) is 0.402. The van der Waals surface area contributed by atoms with Gasteiger partial charge in [-0.1, -0.05) is 39.3 Å². The SMILES string of the molecule is CCC(C)(C)C1CCc2c(sc3c2C(=O)NC(c2ccc(-c4cccc(C(F)(F)F)c4)o2)N3)C1. The van der Waals surface area contributed by atoms with Gasteiger partial charge in [-0.15, -0.1) is 11.3 Å². The van der Waals surface area contributed by atoms with Crippen LogP contribution in [0.1, 0.15) is 71.9 Å². The van der Waals surface area contributed by atoms with Crippen LogP contribution in [0.5, 0.6) is 0 Å². The zero-order valence-corrected chi connectivity index (χ0v) is 20.1. The van der Waals surface area contributed by atoms with Crippen molar-refractivity contribution in [1.29, 1.82) is 0 Å². The van der Waals surface area contributed by atoms with E-state index in [4.69, 9.17) is 4.42 Å². The van der Waals surface area contributed by atoms with Crippen LogP contribution in [-0.4, -0.2) is 5.91 Å². The first-order valence-electron chi connectivity index (χ1n) is 11.6. The highest BCUT2D eigenvalue weighted by atomic mass is 32.1. The average Bonchev–Trinajstić information content (AvgIpc) is 3.43. The number of amides is 1. The molecule has 180 valence electrons. The summed E-state index contributed by atoms with van der Waals surface area (Å²) in [6.45, 7) is 6.86. The van der Waals surface area contributed by atoms with Gasteiger partial charge in [0.2, 0.25) is 0 Å². The van der Waals surface area contributed by atoms with Crippen LogP contribution in [0.2, 0.25) is 0 Å². The lowest BCUT2D eigenvalue weighted by molar-refractivity contribution is -0.137. The minimum absolute atomic E-state index is 0.138. The molecule has 5 rings (SSSR count). The summed E-state index contributed by atoms with van der Waals surface area (Å²) in [5.74, 6) is 1.21. The molecule has 2 aliphatic rings. The summed E-state index contributed by atoms with van der Waals surface area (Å²) < 4.78 is 45.1. The van der Waals surface area contributed by atoms with Crippen molar-refractivity contribution in [2.24, 2.45) is 11.3 Å². The Labute approximate surface area is 200 Å². The maximum absolute atomic E-state index is 13.1. The Morgan fingerprint density at radius 3 is 2.68 bits per heavy atom. The monoisotopic (exact) mass is 488 g/mol. The molecular formula is C26H27F3N2O2S. The van der Waals surface area contributed by atoms with E-state index in [1.807, 2.05) is 0 Å². The van der Waals surface area contributed by atoms with Gasteiger partial charge in [0.25, 0.3) is 5.91 Å². The van der Waals surface area contributed by atoms with E-state index in [-0.39, 0.29) is 11.3 Å². The summed E-state index contributed by atoms with van der Waals surface area (Å²) in [6.07, 6.45) is -0.937. The van der Waals surface area contributed by atoms with E-state index in [1.165, 1.54) is 10.9 Å². The number of fused-ring (bicyclic) bond motifs is 3. The van der Waals surface area contributed by atoms with E-state index in [0.717, 1.165) is 53.9 Å². The van der Waals surface area contributed by atoms with E-state index < -0.39 is 17.9 Å². The lowest BCUT2D eigenvalue weighted by Crippen LogP contribution is -2.38. The number of carbonyl (C=O) groups is 1. The number of hydrogen-bond donors (Lipinski definition) is 2. The van der Waals surface area contributed by atoms with Gasteiger partial charge in [0.05, 0.1) is 11.1 Å². The molecule has 3 aromatic rings. The highest BCUT2D eigenvalue weighted by Crippen LogP contribution is 2.47. The number of alkyl halides is 3. The van der Waals surface area contributed by atoms with Crippen LogP contribution < -0.4 is 10.6 Å². The van der Waals surface area contributed by atoms with Crippen molar-refractivity contribution in [3.8, 4) is 11.3 Å². The molecule has 0 radical (unpaired) electrons. The molecule has 1 aliphatic heterocycles. The number of hydrogen-bond acceptors (Lipinski definition) is 4. The molecule has 0 saturated carbocycles. The van der Waals surface area contributed by atoms with Crippen molar-refractivity contribution in [1.82, 2.24) is 5.32 Å². The smallest absolute Gasteiger partial charge is 0.416 e. The first kappa shape index (κ1) is 23.0. The highest BCUT2D eigenvalue weighted by molar-refractivity contribution is 7.16. The van der Waals surface area contributed by atoms with Crippen molar-refractivity contribution >= 4 is 22.2 Å². The van der Waals surface area contributed by atoms with E-state index in [0.29, 0.717) is 23.0 Å². The number of carbonyl (C=O) groups excluding carboxylic acids is 1. The fourth-order valence-corrected chi connectivity index (χ4v) is 6.26. The highest BCUT2D eigenvalue weighted by Gasteiger charge is 2.38. The van der Waals surface area contributed by atoms with Gasteiger partial charge in [0.1, 0.15) is 16.5 Å². The van der Waals surface area contributed by atoms with E-state index in [9.17, 15) is 18.0 Å². The minimum atomic E-state index is -4.43. The Morgan fingerprint density at radius 1 is 1.15 bits per heavy atom. The number of thiophene rings is 1. The zero-order chi connectivity index (χ0) is 24.3. The molecule has 0 saturated heterocycles. The Balaban J connectivity index is 1.39.